The highest BCUT2D eigenvalue weighted by atomic mass is 32.1. The Kier molecular flexibility index (Phi) is 5.43. The zero-order valence-electron chi connectivity index (χ0n) is 17.3. The Bertz CT molecular complexity index is 1410. The van der Waals surface area contributed by atoms with Crippen LogP contribution in [0.15, 0.2) is 71.3 Å². The molecule has 1 aliphatic heterocycles. The molecule has 6 nitrogen and oxygen atoms in total. The number of carbonyl (C=O) groups excluding carboxylic acids is 2. The second kappa shape index (κ2) is 8.42. The molecule has 4 aromatic rings. The van der Waals surface area contributed by atoms with E-state index in [0.29, 0.717) is 22.8 Å². The van der Waals surface area contributed by atoms with E-state index in [1.165, 1.54) is 45.8 Å². The van der Waals surface area contributed by atoms with Crippen molar-refractivity contribution < 1.29 is 23.8 Å². The molecule has 1 N–H and O–H groups in total. The van der Waals surface area contributed by atoms with Gasteiger partial charge in [0.05, 0.1) is 27.3 Å². The topological polar surface area (TPSA) is 79.7 Å². The molecule has 0 bridgehead atoms. The number of nitrogens with zero attached hydrogens (tertiary/aromatic N) is 2. The Morgan fingerprint density at radius 2 is 2.03 bits per heavy atom. The van der Waals surface area contributed by atoms with E-state index in [2.05, 4.69) is 4.98 Å². The third-order valence-corrected chi connectivity index (χ3v) is 7.15. The van der Waals surface area contributed by atoms with E-state index in [1.807, 2.05) is 13.0 Å². The van der Waals surface area contributed by atoms with Gasteiger partial charge in [-0.3, -0.25) is 14.5 Å². The number of amides is 1. The number of anilines is 1. The number of hydrogen-bond acceptors (Lipinski definition) is 7. The molecule has 0 saturated carbocycles. The molecule has 0 aliphatic carbocycles. The summed E-state index contributed by atoms with van der Waals surface area (Å²) in [6.45, 7) is 2.38. The van der Waals surface area contributed by atoms with Gasteiger partial charge in [0.25, 0.3) is 5.91 Å². The molecule has 0 spiro atoms. The molecular weight excluding hydrogens is 463 g/mol. The van der Waals surface area contributed by atoms with Gasteiger partial charge in [-0.25, -0.2) is 9.37 Å². The molecule has 3 heterocycles. The monoisotopic (exact) mass is 480 g/mol. The van der Waals surface area contributed by atoms with Gasteiger partial charge in [0, 0.05) is 5.56 Å². The third kappa shape index (κ3) is 3.59. The fourth-order valence-electron chi connectivity index (χ4n) is 3.82. The van der Waals surface area contributed by atoms with Crippen molar-refractivity contribution in [1.82, 2.24) is 4.98 Å². The van der Waals surface area contributed by atoms with E-state index in [-0.39, 0.29) is 16.3 Å². The summed E-state index contributed by atoms with van der Waals surface area (Å²) >= 11 is 2.39. The van der Waals surface area contributed by atoms with Gasteiger partial charge in [0.15, 0.2) is 10.9 Å². The van der Waals surface area contributed by atoms with Gasteiger partial charge in [0.2, 0.25) is 5.78 Å². The number of ether oxygens (including phenoxy) is 1. The summed E-state index contributed by atoms with van der Waals surface area (Å²) in [5.41, 5.74) is 0.557. The standard InChI is InChI=1S/C24H17FN2O4S2/c1-2-31-13-9-10-16-18(12-13)33-24(26-16)27-20(14-6-3-4-7-15(14)25)19(22(29)23(27)30)21(28)17-8-5-11-32-17/h3-12,20,29H,2H2,1H3/t20-/m0/s1. The molecule has 1 amide bonds. The molecule has 0 unspecified atom stereocenters. The number of benzene rings is 2. The molecular formula is C24H17FN2O4S2. The van der Waals surface area contributed by atoms with E-state index in [0.717, 1.165) is 4.70 Å². The summed E-state index contributed by atoms with van der Waals surface area (Å²) in [5.74, 6) is -1.95. The average Bonchev–Trinajstić information content (AvgIpc) is 3.53. The van der Waals surface area contributed by atoms with Crippen LogP contribution in [-0.2, 0) is 4.79 Å². The SMILES string of the molecule is CCOc1ccc2nc(N3C(=O)C(O)=C(C(=O)c4cccs4)[C@@H]3c3ccccc3F)sc2c1. The van der Waals surface area contributed by atoms with E-state index in [9.17, 15) is 19.1 Å². The predicted octanol–water partition coefficient (Wildman–Crippen LogP) is 5.68. The largest absolute Gasteiger partial charge is 0.503 e. The van der Waals surface area contributed by atoms with Crippen molar-refractivity contribution in [3.8, 4) is 5.75 Å². The number of Topliss-reactive ketones (excluding diaryl/α,β-unsaturated/α-hetero) is 1. The Morgan fingerprint density at radius 1 is 1.21 bits per heavy atom. The first-order valence-corrected chi connectivity index (χ1v) is 11.8. The maximum absolute atomic E-state index is 14.9. The summed E-state index contributed by atoms with van der Waals surface area (Å²) in [4.78, 5) is 32.6. The molecule has 1 atom stereocenters. The quantitative estimate of drug-likeness (QED) is 0.359. The van der Waals surface area contributed by atoms with Gasteiger partial charge >= 0.3 is 0 Å². The van der Waals surface area contributed by atoms with Crippen molar-refractivity contribution in [3.63, 3.8) is 0 Å². The minimum atomic E-state index is -1.15. The average molecular weight is 481 g/mol. The second-order valence-electron chi connectivity index (χ2n) is 7.23. The van der Waals surface area contributed by atoms with Crippen LogP contribution in [0.25, 0.3) is 10.2 Å². The fourth-order valence-corrected chi connectivity index (χ4v) is 5.52. The van der Waals surface area contributed by atoms with Crippen LogP contribution in [-0.4, -0.2) is 28.4 Å². The van der Waals surface area contributed by atoms with Crippen LogP contribution < -0.4 is 9.64 Å². The molecule has 2 aromatic carbocycles. The number of aromatic nitrogens is 1. The summed E-state index contributed by atoms with van der Waals surface area (Å²) in [6, 6.07) is 13.4. The highest BCUT2D eigenvalue weighted by molar-refractivity contribution is 7.22. The second-order valence-corrected chi connectivity index (χ2v) is 9.18. The van der Waals surface area contributed by atoms with Crippen LogP contribution in [0.1, 0.15) is 28.2 Å². The smallest absolute Gasteiger partial charge is 0.296 e. The van der Waals surface area contributed by atoms with Gasteiger partial charge in [0.1, 0.15) is 17.6 Å². The first kappa shape index (κ1) is 21.3. The van der Waals surface area contributed by atoms with Gasteiger partial charge in [-0.15, -0.1) is 11.3 Å². The minimum Gasteiger partial charge on any atom is -0.503 e. The lowest BCUT2D eigenvalue weighted by molar-refractivity contribution is -0.117. The van der Waals surface area contributed by atoms with E-state index >= 15 is 0 Å². The lowest BCUT2D eigenvalue weighted by Crippen LogP contribution is -2.31. The predicted molar refractivity (Wildman–Crippen MR) is 126 cm³/mol. The summed E-state index contributed by atoms with van der Waals surface area (Å²) in [5, 5.41) is 12.7. The first-order chi connectivity index (χ1) is 16.0. The Morgan fingerprint density at radius 3 is 2.76 bits per heavy atom. The van der Waals surface area contributed by atoms with Gasteiger partial charge < -0.3 is 9.84 Å². The van der Waals surface area contributed by atoms with E-state index < -0.39 is 29.3 Å². The molecule has 33 heavy (non-hydrogen) atoms. The van der Waals surface area contributed by atoms with Crippen molar-refractivity contribution in [1.29, 1.82) is 0 Å². The molecule has 0 fully saturated rings. The number of thiophene rings is 1. The van der Waals surface area contributed by atoms with Crippen LogP contribution in [0.5, 0.6) is 5.75 Å². The van der Waals surface area contributed by atoms with Crippen molar-refractivity contribution >= 4 is 49.7 Å². The summed E-state index contributed by atoms with van der Waals surface area (Å²) < 4.78 is 21.2. The van der Waals surface area contributed by atoms with Crippen molar-refractivity contribution in [2.24, 2.45) is 0 Å². The van der Waals surface area contributed by atoms with Crippen LogP contribution >= 0.6 is 22.7 Å². The highest BCUT2D eigenvalue weighted by Gasteiger charge is 2.47. The van der Waals surface area contributed by atoms with Crippen molar-refractivity contribution in [3.05, 3.63) is 87.6 Å². The van der Waals surface area contributed by atoms with E-state index in [1.54, 1.807) is 35.7 Å². The molecule has 1 aliphatic rings. The number of aliphatic hydroxyl groups excluding tert-OH is 1. The van der Waals surface area contributed by atoms with Gasteiger partial charge in [-0.2, -0.15) is 0 Å². The summed E-state index contributed by atoms with van der Waals surface area (Å²) in [6.07, 6.45) is 0. The Labute approximate surface area is 196 Å². The zero-order chi connectivity index (χ0) is 23.1. The molecule has 5 rings (SSSR count). The summed E-state index contributed by atoms with van der Waals surface area (Å²) in [7, 11) is 0. The van der Waals surface area contributed by atoms with Crippen LogP contribution in [0, 0.1) is 5.82 Å². The molecule has 0 saturated heterocycles. The number of thiazole rings is 1. The number of aliphatic hydroxyl groups is 1. The Balaban J connectivity index is 1.67. The number of halogens is 1. The maximum atomic E-state index is 14.9. The highest BCUT2D eigenvalue weighted by Crippen LogP contribution is 2.45. The van der Waals surface area contributed by atoms with Crippen LogP contribution in [0.2, 0.25) is 0 Å². The lowest BCUT2D eigenvalue weighted by Gasteiger charge is -2.24. The van der Waals surface area contributed by atoms with E-state index in [4.69, 9.17) is 4.74 Å². The molecule has 166 valence electrons. The molecule has 0 radical (unpaired) electrons. The fraction of sp³-hybridized carbons (Fsp3) is 0.125. The number of fused-ring (bicyclic) bond motifs is 1. The first-order valence-electron chi connectivity index (χ1n) is 10.1. The van der Waals surface area contributed by atoms with Gasteiger partial charge in [-0.1, -0.05) is 35.6 Å². The van der Waals surface area contributed by atoms with Crippen molar-refractivity contribution in [2.45, 2.75) is 13.0 Å². The maximum Gasteiger partial charge on any atom is 0.296 e. The van der Waals surface area contributed by atoms with Crippen LogP contribution in [0.4, 0.5) is 9.52 Å². The lowest BCUT2D eigenvalue weighted by atomic mass is 9.95. The van der Waals surface area contributed by atoms with Gasteiger partial charge in [-0.05, 0) is 42.6 Å². The number of carbonyl (C=O) groups is 2. The third-order valence-electron chi connectivity index (χ3n) is 5.26. The molecule has 9 heteroatoms. The number of rotatable bonds is 6. The molecule has 2 aromatic heterocycles. The van der Waals surface area contributed by atoms with Crippen molar-refractivity contribution in [2.75, 3.05) is 11.5 Å². The Hall–Kier alpha value is -3.56. The zero-order valence-corrected chi connectivity index (χ0v) is 19.0. The van der Waals surface area contributed by atoms with Crippen LogP contribution in [0.3, 0.4) is 0 Å². The minimum absolute atomic E-state index is 0.101. The number of hydrogen-bond donors (Lipinski definition) is 1. The number of ketones is 1. The normalized spacial score (nSPS) is 16.1.